The second-order valence-electron chi connectivity index (χ2n) is 5.36. The van der Waals surface area contributed by atoms with E-state index in [1.807, 2.05) is 24.3 Å². The van der Waals surface area contributed by atoms with E-state index < -0.39 is 17.5 Å². The molecule has 0 fully saturated rings. The number of rotatable bonds is 2. The quantitative estimate of drug-likeness (QED) is 0.549. The zero-order chi connectivity index (χ0) is 16.1. The number of imidazole rings is 2. The predicted octanol–water partition coefficient (Wildman–Crippen LogP) is 4.01. The van der Waals surface area contributed by atoms with E-state index in [0.717, 1.165) is 11.0 Å². The van der Waals surface area contributed by atoms with Gasteiger partial charge in [0, 0.05) is 6.07 Å². The average molecular weight is 316 g/mol. The van der Waals surface area contributed by atoms with E-state index >= 15 is 0 Å². The number of hydrogen-bond acceptors (Lipinski definition) is 2. The fourth-order valence-corrected chi connectivity index (χ4v) is 2.60. The van der Waals surface area contributed by atoms with Crippen molar-refractivity contribution < 1.29 is 13.2 Å². The van der Waals surface area contributed by atoms with Crippen LogP contribution in [0.3, 0.4) is 0 Å². The molecule has 0 amide bonds. The molecular formula is C16H11F3N4. The largest absolute Gasteiger partial charge is 0.341 e. The molecule has 4 rings (SSSR count). The molecule has 23 heavy (non-hydrogen) atoms. The second-order valence-corrected chi connectivity index (χ2v) is 5.36. The fourth-order valence-electron chi connectivity index (χ4n) is 2.60. The van der Waals surface area contributed by atoms with Crippen LogP contribution in [0.2, 0.25) is 0 Å². The van der Waals surface area contributed by atoms with Crippen molar-refractivity contribution in [2.75, 3.05) is 0 Å². The molecule has 0 aliphatic rings. The summed E-state index contributed by atoms with van der Waals surface area (Å²) < 4.78 is 40.9. The number of nitrogens with zero attached hydrogens (tertiary/aromatic N) is 2. The highest BCUT2D eigenvalue weighted by molar-refractivity contribution is 5.77. The van der Waals surface area contributed by atoms with Gasteiger partial charge in [-0.1, -0.05) is 12.1 Å². The minimum atomic E-state index is -1.25. The molecule has 0 spiro atoms. The lowest BCUT2D eigenvalue weighted by Crippen LogP contribution is -2.00. The maximum absolute atomic E-state index is 13.8. The summed E-state index contributed by atoms with van der Waals surface area (Å²) in [5.74, 6) is -2.75. The topological polar surface area (TPSA) is 57.4 Å². The van der Waals surface area contributed by atoms with Crippen molar-refractivity contribution in [1.82, 2.24) is 19.9 Å². The number of hydrogen-bond donors (Lipinski definition) is 2. The molecule has 4 nitrogen and oxygen atoms in total. The van der Waals surface area contributed by atoms with Gasteiger partial charge in [-0.2, -0.15) is 0 Å². The Hall–Kier alpha value is -2.83. The van der Waals surface area contributed by atoms with E-state index in [-0.39, 0.29) is 17.0 Å². The Morgan fingerprint density at radius 1 is 0.957 bits per heavy atom. The van der Waals surface area contributed by atoms with Crippen molar-refractivity contribution >= 4 is 22.1 Å². The Labute approximate surface area is 128 Å². The maximum atomic E-state index is 13.8. The van der Waals surface area contributed by atoms with Gasteiger partial charge in [-0.15, -0.1) is 0 Å². The minimum Gasteiger partial charge on any atom is -0.341 e. The van der Waals surface area contributed by atoms with Crippen molar-refractivity contribution in [3.63, 3.8) is 0 Å². The van der Waals surface area contributed by atoms with E-state index in [2.05, 4.69) is 19.9 Å². The molecule has 0 aliphatic heterocycles. The van der Waals surface area contributed by atoms with Crippen molar-refractivity contribution in [1.29, 1.82) is 0 Å². The first-order chi connectivity index (χ1) is 11.0. The Kier molecular flexibility index (Phi) is 2.90. The summed E-state index contributed by atoms with van der Waals surface area (Å²) in [5.41, 5.74) is 1.14. The third-order valence-corrected chi connectivity index (χ3v) is 3.86. The number of para-hydroxylation sites is 2. The Morgan fingerprint density at radius 2 is 1.70 bits per heavy atom. The summed E-state index contributed by atoms with van der Waals surface area (Å²) in [6.45, 7) is 1.79. The highest BCUT2D eigenvalue weighted by atomic mass is 19.2. The van der Waals surface area contributed by atoms with Crippen LogP contribution in [0.15, 0.2) is 30.3 Å². The molecule has 0 radical (unpaired) electrons. The number of benzene rings is 2. The third-order valence-electron chi connectivity index (χ3n) is 3.86. The summed E-state index contributed by atoms with van der Waals surface area (Å²) in [5, 5.41) is 0. The first-order valence-electron chi connectivity index (χ1n) is 7.02. The van der Waals surface area contributed by atoms with E-state index in [1.165, 1.54) is 0 Å². The van der Waals surface area contributed by atoms with Crippen LogP contribution in [0, 0.1) is 17.5 Å². The minimum absolute atomic E-state index is 0.220. The summed E-state index contributed by atoms with van der Waals surface area (Å²) in [6.07, 6.45) is 0. The van der Waals surface area contributed by atoms with Gasteiger partial charge in [0.05, 0.1) is 17.0 Å². The van der Waals surface area contributed by atoms with E-state index in [9.17, 15) is 13.2 Å². The maximum Gasteiger partial charge on any atom is 0.184 e. The van der Waals surface area contributed by atoms with Crippen LogP contribution in [-0.4, -0.2) is 19.9 Å². The molecule has 2 aromatic heterocycles. The molecule has 2 aromatic carbocycles. The highest BCUT2D eigenvalue weighted by Crippen LogP contribution is 2.27. The molecule has 2 N–H and O–H groups in total. The summed E-state index contributed by atoms with van der Waals surface area (Å²) in [4.78, 5) is 14.3. The first kappa shape index (κ1) is 13.8. The summed E-state index contributed by atoms with van der Waals surface area (Å²) in [7, 11) is 0. The molecule has 7 heteroatoms. The zero-order valence-corrected chi connectivity index (χ0v) is 12.0. The van der Waals surface area contributed by atoms with Crippen LogP contribution in [0.1, 0.15) is 24.5 Å². The van der Waals surface area contributed by atoms with Gasteiger partial charge in [-0.05, 0) is 19.1 Å². The molecule has 0 aliphatic carbocycles. The molecule has 0 bridgehead atoms. The Bertz CT molecular complexity index is 1000. The number of H-pyrrole nitrogens is 2. The predicted molar refractivity (Wildman–Crippen MR) is 79.6 cm³/mol. The van der Waals surface area contributed by atoms with Gasteiger partial charge < -0.3 is 9.97 Å². The molecule has 0 saturated heterocycles. The number of fused-ring (bicyclic) bond motifs is 2. The van der Waals surface area contributed by atoms with Crippen molar-refractivity contribution in [3.8, 4) is 0 Å². The summed E-state index contributed by atoms with van der Waals surface area (Å²) >= 11 is 0. The number of aromatic nitrogens is 4. The van der Waals surface area contributed by atoms with E-state index in [4.69, 9.17) is 0 Å². The molecule has 116 valence electrons. The van der Waals surface area contributed by atoms with Gasteiger partial charge >= 0.3 is 0 Å². The van der Waals surface area contributed by atoms with Gasteiger partial charge in [0.2, 0.25) is 0 Å². The number of aromatic amines is 2. The zero-order valence-electron chi connectivity index (χ0n) is 12.0. The molecular weight excluding hydrogens is 305 g/mol. The van der Waals surface area contributed by atoms with Crippen LogP contribution in [0.25, 0.3) is 22.1 Å². The monoisotopic (exact) mass is 316 g/mol. The lowest BCUT2D eigenvalue weighted by molar-refractivity contribution is 0.504. The van der Waals surface area contributed by atoms with E-state index in [1.54, 1.807) is 6.92 Å². The fraction of sp³-hybridized carbons (Fsp3) is 0.125. The number of halogens is 3. The highest BCUT2D eigenvalue weighted by Gasteiger charge is 2.21. The molecule has 1 atom stereocenters. The lowest BCUT2D eigenvalue weighted by Gasteiger charge is -2.03. The molecule has 2 heterocycles. The molecule has 0 saturated carbocycles. The first-order valence-corrected chi connectivity index (χ1v) is 7.02. The van der Waals surface area contributed by atoms with Crippen LogP contribution < -0.4 is 0 Å². The Morgan fingerprint density at radius 3 is 2.48 bits per heavy atom. The van der Waals surface area contributed by atoms with Crippen LogP contribution in [0.5, 0.6) is 0 Å². The Balaban J connectivity index is 1.84. The SMILES string of the molecule is CC(c1nc2ccccc2[nH]1)c1nc2c(F)cc(F)c(F)c2[nH]1. The van der Waals surface area contributed by atoms with Crippen LogP contribution in [0.4, 0.5) is 13.2 Å². The number of nitrogens with one attached hydrogen (secondary N) is 2. The van der Waals surface area contributed by atoms with Gasteiger partial charge in [-0.3, -0.25) is 0 Å². The third kappa shape index (κ3) is 2.08. The van der Waals surface area contributed by atoms with Crippen molar-refractivity contribution in [2.45, 2.75) is 12.8 Å². The molecule has 1 unspecified atom stereocenters. The van der Waals surface area contributed by atoms with Crippen molar-refractivity contribution in [3.05, 3.63) is 59.4 Å². The van der Waals surface area contributed by atoms with Gasteiger partial charge in [0.15, 0.2) is 17.5 Å². The normalized spacial score (nSPS) is 13.0. The molecule has 4 aromatic rings. The van der Waals surface area contributed by atoms with Crippen LogP contribution in [-0.2, 0) is 0 Å². The summed E-state index contributed by atoms with van der Waals surface area (Å²) in [6, 6.07) is 7.98. The smallest absolute Gasteiger partial charge is 0.184 e. The second kappa shape index (κ2) is 4.84. The van der Waals surface area contributed by atoms with Gasteiger partial charge in [0.25, 0.3) is 0 Å². The standard InChI is InChI=1S/C16H11F3N4/c1-7(15-20-10-4-2-3-5-11(10)21-15)16-22-13-9(18)6-8(17)12(19)14(13)23-16/h2-7H,1H3,(H,20,21)(H,22,23). The van der Waals surface area contributed by atoms with E-state index in [0.29, 0.717) is 17.7 Å². The average Bonchev–Trinajstić information content (AvgIpc) is 3.16. The van der Waals surface area contributed by atoms with Gasteiger partial charge in [0.1, 0.15) is 22.7 Å². The lowest BCUT2D eigenvalue weighted by atomic mass is 10.1. The van der Waals surface area contributed by atoms with Gasteiger partial charge in [-0.25, -0.2) is 23.1 Å². The van der Waals surface area contributed by atoms with Crippen LogP contribution >= 0.6 is 0 Å². The van der Waals surface area contributed by atoms with Crippen molar-refractivity contribution in [2.24, 2.45) is 0 Å².